The van der Waals surface area contributed by atoms with Gasteiger partial charge in [0.15, 0.2) is 0 Å². The van der Waals surface area contributed by atoms with E-state index in [1.165, 1.54) is 12.0 Å². The van der Waals surface area contributed by atoms with Crippen LogP contribution in [0.4, 0.5) is 0 Å². The van der Waals surface area contributed by atoms with Gasteiger partial charge in [-0.3, -0.25) is 0 Å². The molecule has 0 aromatic rings. The Morgan fingerprint density at radius 1 is 1.55 bits per heavy atom. The van der Waals surface area contributed by atoms with Gasteiger partial charge in [-0.1, -0.05) is 17.7 Å². The molecule has 2 heteroatoms. The lowest BCUT2D eigenvalue weighted by Gasteiger charge is -2.17. The Bertz CT molecular complexity index is 194. The van der Waals surface area contributed by atoms with E-state index in [-0.39, 0.29) is 0 Å². The molecule has 0 amide bonds. The predicted molar refractivity (Wildman–Crippen MR) is 46.6 cm³/mol. The fraction of sp³-hybridized carbons (Fsp3) is 0.667. The van der Waals surface area contributed by atoms with E-state index in [0.29, 0.717) is 5.92 Å². The third-order valence-corrected chi connectivity index (χ3v) is 1.85. The van der Waals surface area contributed by atoms with Crippen LogP contribution in [-0.4, -0.2) is 12.8 Å². The first-order valence-corrected chi connectivity index (χ1v) is 3.99. The maximum atomic E-state index is 4.72. The van der Waals surface area contributed by atoms with Gasteiger partial charge in [0.05, 0.1) is 5.71 Å². The molecule has 62 valence electrons. The predicted octanol–water partition coefficient (Wildman–Crippen LogP) is 2.37. The van der Waals surface area contributed by atoms with E-state index >= 15 is 0 Å². The summed E-state index contributed by atoms with van der Waals surface area (Å²) in [6.45, 7) is 4.38. The highest BCUT2D eigenvalue weighted by molar-refractivity contribution is 5.96. The number of oxime groups is 1. The molecule has 0 aromatic heterocycles. The Balaban J connectivity index is 2.69. The van der Waals surface area contributed by atoms with E-state index in [1.54, 1.807) is 7.11 Å². The van der Waals surface area contributed by atoms with Gasteiger partial charge < -0.3 is 4.84 Å². The van der Waals surface area contributed by atoms with Gasteiger partial charge in [0.25, 0.3) is 0 Å². The topological polar surface area (TPSA) is 21.6 Å². The molecule has 1 rings (SSSR count). The first kappa shape index (κ1) is 8.31. The van der Waals surface area contributed by atoms with E-state index in [9.17, 15) is 0 Å². The average molecular weight is 153 g/mol. The van der Waals surface area contributed by atoms with Gasteiger partial charge in [-0.2, -0.15) is 0 Å². The number of hydrogen-bond donors (Lipinski definition) is 0. The second-order valence-corrected chi connectivity index (χ2v) is 3.27. The smallest absolute Gasteiger partial charge is 0.106 e. The second kappa shape index (κ2) is 3.56. The SMILES string of the molecule is CO/N=C1/C=C(C)CC(C)C1. The maximum Gasteiger partial charge on any atom is 0.106 e. The minimum atomic E-state index is 0.717. The lowest BCUT2D eigenvalue weighted by atomic mass is 9.90. The summed E-state index contributed by atoms with van der Waals surface area (Å²) in [5.41, 5.74) is 2.48. The first-order chi connectivity index (χ1) is 5.22. The molecule has 0 N–H and O–H groups in total. The van der Waals surface area contributed by atoms with Crippen LogP contribution in [-0.2, 0) is 4.84 Å². The molecule has 0 fully saturated rings. The zero-order valence-corrected chi connectivity index (χ0v) is 7.42. The van der Waals surface area contributed by atoms with Crippen molar-refractivity contribution >= 4 is 5.71 Å². The van der Waals surface area contributed by atoms with Crippen molar-refractivity contribution in [2.45, 2.75) is 26.7 Å². The summed E-state index contributed by atoms with van der Waals surface area (Å²) >= 11 is 0. The molecule has 0 heterocycles. The highest BCUT2D eigenvalue weighted by atomic mass is 16.6. The molecule has 1 atom stereocenters. The van der Waals surface area contributed by atoms with E-state index in [2.05, 4.69) is 25.1 Å². The quantitative estimate of drug-likeness (QED) is 0.530. The van der Waals surface area contributed by atoms with Gasteiger partial charge in [-0.05, 0) is 31.8 Å². The van der Waals surface area contributed by atoms with Crippen LogP contribution in [0.3, 0.4) is 0 Å². The molecule has 0 spiro atoms. The number of nitrogens with zero attached hydrogens (tertiary/aromatic N) is 1. The van der Waals surface area contributed by atoms with Crippen molar-refractivity contribution < 1.29 is 4.84 Å². The van der Waals surface area contributed by atoms with Crippen molar-refractivity contribution in [3.8, 4) is 0 Å². The Labute approximate surface area is 67.9 Å². The minimum Gasteiger partial charge on any atom is -0.399 e. The summed E-state index contributed by atoms with van der Waals surface area (Å²) in [5, 5.41) is 3.92. The fourth-order valence-corrected chi connectivity index (χ4v) is 1.56. The molecule has 0 saturated carbocycles. The van der Waals surface area contributed by atoms with Crippen molar-refractivity contribution in [1.29, 1.82) is 0 Å². The zero-order chi connectivity index (χ0) is 8.27. The molecular formula is C9H15NO. The third kappa shape index (κ3) is 2.37. The van der Waals surface area contributed by atoms with Crippen LogP contribution in [0.5, 0.6) is 0 Å². The largest absolute Gasteiger partial charge is 0.399 e. The molecule has 0 radical (unpaired) electrons. The number of rotatable bonds is 1. The minimum absolute atomic E-state index is 0.717. The molecule has 1 unspecified atom stereocenters. The highest BCUT2D eigenvalue weighted by Gasteiger charge is 2.12. The highest BCUT2D eigenvalue weighted by Crippen LogP contribution is 2.21. The maximum absolute atomic E-state index is 4.72. The lowest BCUT2D eigenvalue weighted by molar-refractivity contribution is 0.212. The zero-order valence-electron chi connectivity index (χ0n) is 7.42. The van der Waals surface area contributed by atoms with Gasteiger partial charge in [-0.15, -0.1) is 0 Å². The van der Waals surface area contributed by atoms with Gasteiger partial charge in [0.1, 0.15) is 7.11 Å². The average Bonchev–Trinajstić information content (AvgIpc) is 1.85. The molecule has 1 aliphatic rings. The van der Waals surface area contributed by atoms with Crippen LogP contribution in [0.2, 0.25) is 0 Å². The molecule has 11 heavy (non-hydrogen) atoms. The van der Waals surface area contributed by atoms with E-state index < -0.39 is 0 Å². The van der Waals surface area contributed by atoms with Crippen LogP contribution >= 0.6 is 0 Å². The van der Waals surface area contributed by atoms with Crippen LogP contribution < -0.4 is 0 Å². The molecule has 0 aromatic carbocycles. The summed E-state index contributed by atoms with van der Waals surface area (Å²) in [6.07, 6.45) is 4.36. The Hall–Kier alpha value is -0.790. The summed E-state index contributed by atoms with van der Waals surface area (Å²) in [6, 6.07) is 0. The molecular weight excluding hydrogens is 138 g/mol. The van der Waals surface area contributed by atoms with Crippen molar-refractivity contribution in [1.82, 2.24) is 0 Å². The third-order valence-electron chi connectivity index (χ3n) is 1.85. The molecule has 1 aliphatic carbocycles. The number of allylic oxidation sites excluding steroid dienone is 2. The Kier molecular flexibility index (Phi) is 2.69. The Morgan fingerprint density at radius 2 is 2.27 bits per heavy atom. The summed E-state index contributed by atoms with van der Waals surface area (Å²) in [5.74, 6) is 0.717. The van der Waals surface area contributed by atoms with Gasteiger partial charge in [0, 0.05) is 0 Å². The Morgan fingerprint density at radius 3 is 2.82 bits per heavy atom. The van der Waals surface area contributed by atoms with Crippen molar-refractivity contribution in [2.24, 2.45) is 11.1 Å². The summed E-state index contributed by atoms with van der Waals surface area (Å²) in [4.78, 5) is 4.72. The van der Waals surface area contributed by atoms with Crippen LogP contribution in [0, 0.1) is 5.92 Å². The van der Waals surface area contributed by atoms with Gasteiger partial charge in [-0.25, -0.2) is 0 Å². The normalized spacial score (nSPS) is 28.5. The lowest BCUT2D eigenvalue weighted by Crippen LogP contribution is -2.10. The molecule has 0 saturated heterocycles. The standard InChI is InChI=1S/C9H15NO/c1-7-4-8(2)6-9(5-7)10-11-3/h5,8H,4,6H2,1-3H3/b10-9-. The van der Waals surface area contributed by atoms with Gasteiger partial charge >= 0.3 is 0 Å². The van der Waals surface area contributed by atoms with E-state index in [0.717, 1.165) is 12.1 Å². The van der Waals surface area contributed by atoms with Crippen LogP contribution in [0.25, 0.3) is 0 Å². The molecule has 2 nitrogen and oxygen atoms in total. The van der Waals surface area contributed by atoms with Crippen molar-refractivity contribution in [2.75, 3.05) is 7.11 Å². The monoisotopic (exact) mass is 153 g/mol. The molecule has 0 bridgehead atoms. The fourth-order valence-electron chi connectivity index (χ4n) is 1.56. The van der Waals surface area contributed by atoms with E-state index in [1.807, 2.05) is 0 Å². The molecule has 0 aliphatic heterocycles. The summed E-state index contributed by atoms with van der Waals surface area (Å²) in [7, 11) is 1.59. The van der Waals surface area contributed by atoms with Crippen molar-refractivity contribution in [3.05, 3.63) is 11.6 Å². The first-order valence-electron chi connectivity index (χ1n) is 3.99. The van der Waals surface area contributed by atoms with Crippen LogP contribution in [0.15, 0.2) is 16.8 Å². The second-order valence-electron chi connectivity index (χ2n) is 3.27. The number of hydrogen-bond acceptors (Lipinski definition) is 2. The van der Waals surface area contributed by atoms with Crippen LogP contribution in [0.1, 0.15) is 26.7 Å². The van der Waals surface area contributed by atoms with Crippen molar-refractivity contribution in [3.63, 3.8) is 0 Å². The van der Waals surface area contributed by atoms with E-state index in [4.69, 9.17) is 4.84 Å². The van der Waals surface area contributed by atoms with Gasteiger partial charge in [0.2, 0.25) is 0 Å². The summed E-state index contributed by atoms with van der Waals surface area (Å²) < 4.78 is 0.